The summed E-state index contributed by atoms with van der Waals surface area (Å²) < 4.78 is 117. The molecule has 0 atom stereocenters. The van der Waals surface area contributed by atoms with Gasteiger partial charge in [0.1, 0.15) is 0 Å². The van der Waals surface area contributed by atoms with Crippen molar-refractivity contribution in [2.75, 3.05) is 0 Å². The Kier molecular flexibility index (Phi) is 10.8. The molecule has 2 nitrogen and oxygen atoms in total. The number of hydrogen-bond donors (Lipinski definition) is 0. The molecular formula is C32H19F9IrN2-2. The Morgan fingerprint density at radius 2 is 1.07 bits per heavy atom. The maximum atomic E-state index is 13.9. The third-order valence-corrected chi connectivity index (χ3v) is 6.18. The topological polar surface area (TPSA) is 25.8 Å². The van der Waals surface area contributed by atoms with Crippen molar-refractivity contribution in [2.45, 2.75) is 23.9 Å². The molecule has 0 aliphatic rings. The molecule has 0 aliphatic heterocycles. The van der Waals surface area contributed by atoms with E-state index in [1.165, 1.54) is 29.3 Å². The van der Waals surface area contributed by atoms with Crippen molar-refractivity contribution in [3.05, 3.63) is 133 Å². The van der Waals surface area contributed by atoms with E-state index in [9.17, 15) is 39.5 Å². The first-order valence-corrected chi connectivity index (χ1v) is 12.4. The number of pyridine rings is 2. The molecule has 231 valence electrons. The Morgan fingerprint density at radius 1 is 0.523 bits per heavy atom. The second-order valence-corrected chi connectivity index (χ2v) is 9.01. The summed E-state index contributed by atoms with van der Waals surface area (Å²) in [5.74, 6) is -5.94. The second-order valence-electron chi connectivity index (χ2n) is 9.01. The number of hydrogen-bond acceptors (Lipinski definition) is 2. The van der Waals surface area contributed by atoms with Gasteiger partial charge in [0.2, 0.25) is 0 Å². The molecule has 0 fully saturated rings. The van der Waals surface area contributed by atoms with E-state index in [0.717, 1.165) is 17.3 Å². The quantitative estimate of drug-likeness (QED) is 0.131. The van der Waals surface area contributed by atoms with Crippen LogP contribution in [0.15, 0.2) is 116 Å². The maximum Gasteiger partial charge on any atom is 0.438 e. The summed E-state index contributed by atoms with van der Waals surface area (Å²) in [6.45, 7) is 0. The van der Waals surface area contributed by atoms with Crippen LogP contribution in [-0.2, 0) is 26.0 Å². The largest absolute Gasteiger partial charge is 0.438 e. The molecule has 0 aliphatic carbocycles. The molecule has 5 rings (SSSR count). The van der Waals surface area contributed by atoms with Gasteiger partial charge in [-0.1, -0.05) is 48.5 Å². The molecule has 0 saturated heterocycles. The van der Waals surface area contributed by atoms with Crippen molar-refractivity contribution < 1.29 is 59.6 Å². The summed E-state index contributed by atoms with van der Waals surface area (Å²) in [7, 11) is 0. The molecule has 3 aromatic carbocycles. The summed E-state index contributed by atoms with van der Waals surface area (Å²) >= 11 is 0. The van der Waals surface area contributed by atoms with E-state index < -0.39 is 29.5 Å². The molecule has 0 N–H and O–H groups in total. The molecule has 44 heavy (non-hydrogen) atoms. The summed E-state index contributed by atoms with van der Waals surface area (Å²) in [5.41, 5.74) is -4.03. The molecule has 5 aromatic rings. The predicted molar refractivity (Wildman–Crippen MR) is 142 cm³/mol. The first kappa shape index (κ1) is 34.5. The first-order valence-electron chi connectivity index (χ1n) is 12.4. The van der Waals surface area contributed by atoms with Crippen molar-refractivity contribution in [3.63, 3.8) is 0 Å². The fraction of sp³-hybridized carbons (Fsp3) is 0.125. The Balaban J connectivity index is 0.000000246. The van der Waals surface area contributed by atoms with Crippen LogP contribution in [0.3, 0.4) is 0 Å². The fourth-order valence-electron chi connectivity index (χ4n) is 3.95. The maximum absolute atomic E-state index is 13.9. The van der Waals surface area contributed by atoms with Gasteiger partial charge in [-0.3, -0.25) is 0 Å². The van der Waals surface area contributed by atoms with E-state index in [1.54, 1.807) is 6.07 Å². The van der Waals surface area contributed by atoms with E-state index in [2.05, 4.69) is 40.3 Å². The fourth-order valence-corrected chi connectivity index (χ4v) is 3.95. The zero-order valence-electron chi connectivity index (χ0n) is 22.1. The van der Waals surface area contributed by atoms with Gasteiger partial charge in [-0.2, -0.15) is 35.1 Å². The van der Waals surface area contributed by atoms with Gasteiger partial charge in [0.15, 0.2) is 0 Å². The number of halogens is 9. The Hall–Kier alpha value is -4.02. The van der Waals surface area contributed by atoms with Gasteiger partial charge in [0.05, 0.1) is 0 Å². The van der Waals surface area contributed by atoms with Crippen molar-refractivity contribution >= 4 is 0 Å². The molecule has 12 heteroatoms. The van der Waals surface area contributed by atoms with E-state index in [-0.39, 0.29) is 43.6 Å². The standard InChI is InChI=1S/C17H12N.C15H7F9N.Ir/c1-3-7-14(8-4-1)16-11-12-18-17(13-16)15-9-5-2-6-10-15;16-12(17,13(18,14(19,20)21)15(22,23)24)10-6-7-11(25-8-10)9-4-2-1-3-5-9;/h1-9,11-13H;1-4,6-8H;/q2*-1;. The van der Waals surface area contributed by atoms with Crippen LogP contribution >= 0.6 is 0 Å². The molecular weight excluding hydrogens is 776 g/mol. The van der Waals surface area contributed by atoms with Crippen LogP contribution in [0.2, 0.25) is 0 Å². The van der Waals surface area contributed by atoms with Crippen LogP contribution in [0.25, 0.3) is 33.6 Å². The second kappa shape index (κ2) is 13.7. The molecule has 1 radical (unpaired) electrons. The van der Waals surface area contributed by atoms with Crippen molar-refractivity contribution in [1.82, 2.24) is 9.97 Å². The average Bonchev–Trinajstić information content (AvgIpc) is 3.01. The third kappa shape index (κ3) is 7.19. The van der Waals surface area contributed by atoms with E-state index >= 15 is 0 Å². The minimum atomic E-state index is -6.89. The van der Waals surface area contributed by atoms with Gasteiger partial charge in [-0.15, -0.1) is 71.8 Å². The summed E-state index contributed by atoms with van der Waals surface area (Å²) in [5, 5.41) is 0. The number of aromatic nitrogens is 2. The molecule has 0 bridgehead atoms. The van der Waals surface area contributed by atoms with Crippen LogP contribution in [0.4, 0.5) is 39.5 Å². The molecule has 2 heterocycles. The van der Waals surface area contributed by atoms with Gasteiger partial charge < -0.3 is 9.97 Å². The van der Waals surface area contributed by atoms with Gasteiger partial charge in [-0.05, 0) is 28.6 Å². The minimum Gasteiger partial charge on any atom is -0.305 e. The normalized spacial score (nSPS) is 12.0. The van der Waals surface area contributed by atoms with Crippen LogP contribution < -0.4 is 0 Å². The number of alkyl halides is 9. The molecule has 2 aromatic heterocycles. The van der Waals surface area contributed by atoms with Crippen LogP contribution in [0.5, 0.6) is 0 Å². The molecule has 0 amide bonds. The third-order valence-electron chi connectivity index (χ3n) is 6.18. The summed E-state index contributed by atoms with van der Waals surface area (Å²) in [6, 6.07) is 35.2. The van der Waals surface area contributed by atoms with E-state index in [4.69, 9.17) is 0 Å². The van der Waals surface area contributed by atoms with Gasteiger partial charge in [-0.25, -0.2) is 4.39 Å². The minimum absolute atomic E-state index is 0. The number of nitrogens with zero attached hydrogens (tertiary/aromatic N) is 2. The Labute approximate surface area is 260 Å². The molecule has 0 saturated carbocycles. The molecule has 0 spiro atoms. The zero-order chi connectivity index (χ0) is 31.3. The zero-order valence-corrected chi connectivity index (χ0v) is 24.5. The molecule has 0 unspecified atom stereocenters. The van der Waals surface area contributed by atoms with Gasteiger partial charge in [0.25, 0.3) is 0 Å². The van der Waals surface area contributed by atoms with Gasteiger partial charge in [0, 0.05) is 38.1 Å². The van der Waals surface area contributed by atoms with E-state index in [1.807, 2.05) is 54.7 Å². The van der Waals surface area contributed by atoms with E-state index in [0.29, 0.717) is 0 Å². The SMILES string of the molecule is FC(F)(F)C(F)(C(F)(F)F)C(F)(F)c1ccc(-c2[c-]cccc2)nc1.[Ir].[c-]1ccccc1-c1cc(-c2ccccc2)ccn1. The summed E-state index contributed by atoms with van der Waals surface area (Å²) in [6.07, 6.45) is -11.9. The number of rotatable bonds is 5. The van der Waals surface area contributed by atoms with Crippen LogP contribution in [-0.4, -0.2) is 28.0 Å². The Morgan fingerprint density at radius 3 is 1.55 bits per heavy atom. The first-order chi connectivity index (χ1) is 20.3. The predicted octanol–water partition coefficient (Wildman–Crippen LogP) is 9.69. The number of benzene rings is 3. The smallest absolute Gasteiger partial charge is 0.305 e. The van der Waals surface area contributed by atoms with Crippen LogP contribution in [0.1, 0.15) is 5.56 Å². The van der Waals surface area contributed by atoms with Crippen molar-refractivity contribution in [2.24, 2.45) is 0 Å². The monoisotopic (exact) mass is 795 g/mol. The van der Waals surface area contributed by atoms with Crippen molar-refractivity contribution in [1.29, 1.82) is 0 Å². The average molecular weight is 795 g/mol. The van der Waals surface area contributed by atoms with Crippen LogP contribution in [0, 0.1) is 12.1 Å². The van der Waals surface area contributed by atoms with Crippen molar-refractivity contribution in [3.8, 4) is 33.6 Å². The Bertz CT molecular complexity index is 1540. The van der Waals surface area contributed by atoms with Gasteiger partial charge >= 0.3 is 23.9 Å². The summed E-state index contributed by atoms with van der Waals surface area (Å²) in [4.78, 5) is 7.78.